The molecular formula is C33H25BrN4. The lowest BCUT2D eigenvalue weighted by Crippen LogP contribution is -2.39. The molecule has 6 aromatic rings. The molecule has 4 nitrogen and oxygen atoms in total. The van der Waals surface area contributed by atoms with Gasteiger partial charge in [0.05, 0.1) is 5.48 Å². The third-order valence-corrected chi connectivity index (χ3v) is 7.17. The fourth-order valence-electron chi connectivity index (χ4n) is 4.92. The molecule has 0 aliphatic carbocycles. The number of rotatable bonds is 7. The van der Waals surface area contributed by atoms with E-state index in [1.807, 2.05) is 72.8 Å². The maximum absolute atomic E-state index is 8.85. The highest BCUT2D eigenvalue weighted by Gasteiger charge is 2.42. The van der Waals surface area contributed by atoms with Crippen molar-refractivity contribution in [1.29, 1.82) is 0 Å². The summed E-state index contributed by atoms with van der Waals surface area (Å²) >= 11 is 3.32. The third-order valence-electron chi connectivity index (χ3n) is 6.61. The van der Waals surface area contributed by atoms with Gasteiger partial charge >= 0.3 is 0 Å². The summed E-state index contributed by atoms with van der Waals surface area (Å²) in [4.78, 5) is 0. The van der Waals surface area contributed by atoms with Crippen LogP contribution < -0.4 is 0 Å². The summed E-state index contributed by atoms with van der Waals surface area (Å²) in [6.07, 6.45) is 0. The van der Waals surface area contributed by atoms with Gasteiger partial charge in [0.2, 0.25) is 0 Å². The predicted octanol–water partition coefficient (Wildman–Crippen LogP) is 7.74. The molecule has 1 heterocycles. The second kappa shape index (κ2) is 10.6. The van der Waals surface area contributed by atoms with Crippen LogP contribution >= 0.6 is 15.9 Å². The van der Waals surface area contributed by atoms with Crippen LogP contribution in [0.3, 0.4) is 0 Å². The Hall–Kier alpha value is -4.35. The number of tetrazole rings is 1. The van der Waals surface area contributed by atoms with E-state index in [2.05, 4.69) is 67.9 Å². The molecule has 0 bridgehead atoms. The fraction of sp³-hybridized carbons (Fsp3) is 0.0606. The van der Waals surface area contributed by atoms with Crippen molar-refractivity contribution < 1.29 is 5.48 Å². The zero-order valence-electron chi connectivity index (χ0n) is 24.3. The molecule has 0 saturated heterocycles. The van der Waals surface area contributed by atoms with Crippen LogP contribution in [0.5, 0.6) is 0 Å². The second-order valence-electron chi connectivity index (χ2n) is 8.76. The molecule has 0 atom stereocenters. The second-order valence-corrected chi connectivity index (χ2v) is 9.32. The highest BCUT2D eigenvalue weighted by Crippen LogP contribution is 2.43. The first-order chi connectivity index (χ1) is 20.5. The molecular weight excluding hydrogens is 532 g/mol. The van der Waals surface area contributed by atoms with Crippen LogP contribution in [0.25, 0.3) is 22.5 Å². The van der Waals surface area contributed by atoms with Gasteiger partial charge < -0.3 is 0 Å². The molecule has 6 rings (SSSR count). The van der Waals surface area contributed by atoms with Gasteiger partial charge in [0.25, 0.3) is 0 Å². The van der Waals surface area contributed by atoms with E-state index in [0.29, 0.717) is 22.5 Å². The molecule has 0 aliphatic heterocycles. The Bertz CT molecular complexity index is 1740. The molecule has 1 aromatic heterocycles. The summed E-state index contributed by atoms with van der Waals surface area (Å²) in [6, 6.07) is 37.1. The maximum atomic E-state index is 8.85. The summed E-state index contributed by atoms with van der Waals surface area (Å²) in [5.41, 5.74) is 3.45. The van der Waals surface area contributed by atoms with Gasteiger partial charge in [-0.2, -0.15) is 0 Å². The van der Waals surface area contributed by atoms with Crippen molar-refractivity contribution in [1.82, 2.24) is 20.2 Å². The zero-order valence-corrected chi connectivity index (χ0v) is 21.9. The smallest absolute Gasteiger partial charge is 0.184 e. The van der Waals surface area contributed by atoms with Crippen LogP contribution in [0.15, 0.2) is 139 Å². The van der Waals surface area contributed by atoms with Gasteiger partial charge in [0, 0.05) is 10.9 Å². The van der Waals surface area contributed by atoms with E-state index in [0.717, 1.165) is 16.7 Å². The van der Waals surface area contributed by atoms with Gasteiger partial charge in [-0.3, -0.25) is 0 Å². The first-order valence-corrected chi connectivity index (χ1v) is 13.3. The van der Waals surface area contributed by atoms with Gasteiger partial charge in [-0.05, 0) is 43.8 Å². The number of benzene rings is 5. The van der Waals surface area contributed by atoms with E-state index in [9.17, 15) is 0 Å². The van der Waals surface area contributed by atoms with Crippen molar-refractivity contribution in [3.63, 3.8) is 0 Å². The van der Waals surface area contributed by atoms with E-state index in [-0.39, 0.29) is 35.1 Å². The molecule has 0 aliphatic rings. The van der Waals surface area contributed by atoms with E-state index >= 15 is 0 Å². The van der Waals surface area contributed by atoms with Crippen molar-refractivity contribution in [2.24, 2.45) is 0 Å². The van der Waals surface area contributed by atoms with Crippen molar-refractivity contribution in [2.75, 3.05) is 0 Å². The highest BCUT2D eigenvalue weighted by molar-refractivity contribution is 9.08. The Labute approximate surface area is 236 Å². The minimum atomic E-state index is -0.982. The summed E-state index contributed by atoms with van der Waals surface area (Å²) in [5.74, 6) is 0.420. The molecule has 0 amide bonds. The standard InChI is InChI=1S/C33H25BrN4/c34-24-25-20-22-26(23-21-25)30-18-10-11-19-31(30)32-35-36-37-38(32)33(27-12-4-1-5-13-27,28-14-6-2-7-15-28)29-16-8-3-9-17-29/h1-23H,24H2/i20D,21D,22D,23D. The Morgan fingerprint density at radius 2 is 1.11 bits per heavy atom. The third kappa shape index (κ3) is 4.15. The normalized spacial score (nSPS) is 12.9. The molecule has 0 spiro atoms. The summed E-state index contributed by atoms with van der Waals surface area (Å²) in [7, 11) is 0. The topological polar surface area (TPSA) is 43.6 Å². The SMILES string of the molecule is [2H]c1c([2H])c(-c2ccccc2-c2nnnn2C(c2ccccc2)(c2ccccc2)c2ccccc2)c([2H])c([2H])c1CBr. The molecule has 0 saturated carbocycles. The van der Waals surface area contributed by atoms with Gasteiger partial charge in [0.1, 0.15) is 5.54 Å². The molecule has 5 heteroatoms. The van der Waals surface area contributed by atoms with E-state index in [1.54, 1.807) is 10.7 Å². The Balaban J connectivity index is 1.70. The lowest BCUT2D eigenvalue weighted by atomic mass is 9.77. The number of aromatic nitrogens is 4. The summed E-state index contributed by atoms with van der Waals surface area (Å²) in [6.45, 7) is 0. The monoisotopic (exact) mass is 560 g/mol. The van der Waals surface area contributed by atoms with Crippen LogP contribution in [0.2, 0.25) is 0 Å². The van der Waals surface area contributed by atoms with E-state index in [4.69, 9.17) is 5.48 Å². The summed E-state index contributed by atoms with van der Waals surface area (Å²) in [5, 5.41) is 13.5. The highest BCUT2D eigenvalue weighted by atomic mass is 79.9. The van der Waals surface area contributed by atoms with Crippen molar-refractivity contribution >= 4 is 15.9 Å². The predicted molar refractivity (Wildman–Crippen MR) is 156 cm³/mol. The fourth-order valence-corrected chi connectivity index (χ4v) is 5.20. The first-order valence-electron chi connectivity index (χ1n) is 14.2. The van der Waals surface area contributed by atoms with Gasteiger partial charge in [-0.25, -0.2) is 4.68 Å². The van der Waals surface area contributed by atoms with Gasteiger partial charge in [0.15, 0.2) is 5.82 Å². The van der Waals surface area contributed by atoms with E-state index in [1.165, 1.54) is 0 Å². The molecule has 38 heavy (non-hydrogen) atoms. The van der Waals surface area contributed by atoms with Crippen LogP contribution in [-0.2, 0) is 10.9 Å². The minimum absolute atomic E-state index is 0.0792. The maximum Gasteiger partial charge on any atom is 0.184 e. The van der Waals surface area contributed by atoms with Crippen molar-refractivity contribution in [3.8, 4) is 22.5 Å². The first kappa shape index (κ1) is 19.7. The van der Waals surface area contributed by atoms with Gasteiger partial charge in [-0.15, -0.1) is 5.10 Å². The zero-order chi connectivity index (χ0) is 29.3. The Morgan fingerprint density at radius 3 is 1.61 bits per heavy atom. The quantitative estimate of drug-likeness (QED) is 0.148. The van der Waals surface area contributed by atoms with E-state index < -0.39 is 5.54 Å². The van der Waals surface area contributed by atoms with Crippen LogP contribution in [0.1, 0.15) is 27.7 Å². The number of nitrogens with zero attached hydrogens (tertiary/aromatic N) is 4. The lowest BCUT2D eigenvalue weighted by Gasteiger charge is -2.36. The summed E-state index contributed by atoms with van der Waals surface area (Å²) < 4.78 is 36.7. The molecule has 0 N–H and O–H groups in total. The number of hydrogen-bond acceptors (Lipinski definition) is 3. The molecule has 0 fully saturated rings. The molecule has 0 unspecified atom stereocenters. The number of hydrogen-bond donors (Lipinski definition) is 0. The average molecular weight is 562 g/mol. The Kier molecular flexibility index (Phi) is 5.48. The van der Waals surface area contributed by atoms with Crippen molar-refractivity contribution in [2.45, 2.75) is 10.9 Å². The van der Waals surface area contributed by atoms with Crippen LogP contribution in [0, 0.1) is 0 Å². The molecule has 0 radical (unpaired) electrons. The average Bonchev–Trinajstić information content (AvgIpc) is 3.53. The van der Waals surface area contributed by atoms with Crippen LogP contribution in [0.4, 0.5) is 0 Å². The largest absolute Gasteiger partial charge is 0.205 e. The molecule has 5 aromatic carbocycles. The minimum Gasteiger partial charge on any atom is -0.205 e. The van der Waals surface area contributed by atoms with Crippen molar-refractivity contribution in [3.05, 3.63) is 162 Å². The number of alkyl halides is 1. The Morgan fingerprint density at radius 1 is 0.632 bits per heavy atom. The molecule has 184 valence electrons. The van der Waals surface area contributed by atoms with Gasteiger partial charge in [-0.1, -0.05) is 155 Å². The van der Waals surface area contributed by atoms with Crippen LogP contribution in [-0.4, -0.2) is 20.2 Å². The lowest BCUT2D eigenvalue weighted by molar-refractivity contribution is 0.451. The number of halogens is 1.